The molecule has 1 fully saturated rings. The first kappa shape index (κ1) is 23.8. The predicted molar refractivity (Wildman–Crippen MR) is 112 cm³/mol. The Balaban J connectivity index is 2.11. The Morgan fingerprint density at radius 1 is 1.22 bits per heavy atom. The summed E-state index contributed by atoms with van der Waals surface area (Å²) in [5.41, 5.74) is 3.65. The summed E-state index contributed by atoms with van der Waals surface area (Å²) in [5, 5.41) is 9.62. The molecule has 0 saturated carbocycles. The summed E-state index contributed by atoms with van der Waals surface area (Å²) < 4.78 is 52.4. The van der Waals surface area contributed by atoms with Crippen LogP contribution in [0.1, 0.15) is 53.0 Å². The summed E-state index contributed by atoms with van der Waals surface area (Å²) in [6.07, 6.45) is 0. The summed E-state index contributed by atoms with van der Waals surface area (Å²) in [6, 6.07) is 3.95. The minimum Gasteiger partial charge on any atom is -0.463 e. The molecule has 0 aromatic heterocycles. The van der Waals surface area contributed by atoms with Crippen LogP contribution in [0.4, 0.5) is 8.78 Å². The number of hydrogen-bond acceptors (Lipinski definition) is 7. The Bertz CT molecular complexity index is 1040. The summed E-state index contributed by atoms with van der Waals surface area (Å²) in [6.45, 7) is 10.2. The van der Waals surface area contributed by atoms with Crippen LogP contribution in [0.2, 0.25) is 0 Å². The Kier molecular flexibility index (Phi) is 6.11. The van der Waals surface area contributed by atoms with Crippen LogP contribution in [0.5, 0.6) is 0 Å². The van der Waals surface area contributed by atoms with E-state index in [1.165, 1.54) is 6.92 Å². The SMILES string of the molecule is CCOC(=O)C1=C(C)OC(N)=C(C#N)C1c1cc(F)c(B2OC(C)(C)C(C)(C)O2)c(F)c1. The molecule has 1 atom stereocenters. The Hall–Kier alpha value is -2.90. The van der Waals surface area contributed by atoms with Crippen molar-refractivity contribution in [3.8, 4) is 6.07 Å². The van der Waals surface area contributed by atoms with Gasteiger partial charge in [0.25, 0.3) is 0 Å². The van der Waals surface area contributed by atoms with Crippen LogP contribution in [0.15, 0.2) is 34.9 Å². The van der Waals surface area contributed by atoms with Gasteiger partial charge in [-0.25, -0.2) is 13.6 Å². The van der Waals surface area contributed by atoms with Crippen LogP contribution in [0.25, 0.3) is 0 Å². The number of rotatable bonds is 4. The van der Waals surface area contributed by atoms with Crippen LogP contribution in [0.3, 0.4) is 0 Å². The van der Waals surface area contributed by atoms with Gasteiger partial charge in [-0.05, 0) is 59.2 Å². The first-order valence-corrected chi connectivity index (χ1v) is 10.1. The predicted octanol–water partition coefficient (Wildman–Crippen LogP) is 2.91. The van der Waals surface area contributed by atoms with Gasteiger partial charge >= 0.3 is 13.1 Å². The van der Waals surface area contributed by atoms with E-state index >= 15 is 8.78 Å². The van der Waals surface area contributed by atoms with E-state index < -0.39 is 47.3 Å². The molecule has 0 spiro atoms. The van der Waals surface area contributed by atoms with Gasteiger partial charge in [0.15, 0.2) is 0 Å². The zero-order valence-corrected chi connectivity index (χ0v) is 18.8. The van der Waals surface area contributed by atoms with E-state index in [1.54, 1.807) is 34.6 Å². The normalized spacial score (nSPS) is 22.0. The molecule has 3 rings (SSSR count). The van der Waals surface area contributed by atoms with Crippen molar-refractivity contribution in [1.82, 2.24) is 0 Å². The van der Waals surface area contributed by atoms with Crippen molar-refractivity contribution >= 4 is 18.6 Å². The number of allylic oxidation sites excluding steroid dienone is 2. The second kappa shape index (κ2) is 8.22. The molecule has 0 amide bonds. The lowest BCUT2D eigenvalue weighted by Crippen LogP contribution is -2.41. The number of nitriles is 1. The number of carbonyl (C=O) groups excluding carboxylic acids is 1. The maximum absolute atomic E-state index is 15.2. The third kappa shape index (κ3) is 3.87. The lowest BCUT2D eigenvalue weighted by molar-refractivity contribution is -0.139. The van der Waals surface area contributed by atoms with E-state index in [9.17, 15) is 10.1 Å². The second-order valence-electron chi connectivity index (χ2n) is 8.60. The van der Waals surface area contributed by atoms with Gasteiger partial charge in [0, 0.05) is 0 Å². The van der Waals surface area contributed by atoms with Crippen LogP contribution in [-0.2, 0) is 23.6 Å². The molecule has 0 bridgehead atoms. The number of hydrogen-bond donors (Lipinski definition) is 1. The monoisotopic (exact) mass is 446 g/mol. The largest absolute Gasteiger partial charge is 0.500 e. The maximum atomic E-state index is 15.2. The fraction of sp³-hybridized carbons (Fsp3) is 0.455. The van der Waals surface area contributed by atoms with Crippen LogP contribution < -0.4 is 11.2 Å². The molecule has 1 aromatic rings. The maximum Gasteiger partial charge on any atom is 0.500 e. The highest BCUT2D eigenvalue weighted by Gasteiger charge is 2.53. The average Bonchev–Trinajstić information content (AvgIpc) is 2.87. The molecule has 10 heteroatoms. The number of esters is 1. The molecule has 2 N–H and O–H groups in total. The fourth-order valence-corrected chi connectivity index (χ4v) is 3.64. The van der Waals surface area contributed by atoms with E-state index in [-0.39, 0.29) is 35.0 Å². The Morgan fingerprint density at radius 3 is 2.22 bits per heavy atom. The topological polar surface area (TPSA) is 104 Å². The number of carbonyl (C=O) groups is 1. The van der Waals surface area contributed by atoms with E-state index in [0.29, 0.717) is 0 Å². The van der Waals surface area contributed by atoms with E-state index in [4.69, 9.17) is 24.5 Å². The van der Waals surface area contributed by atoms with Gasteiger partial charge in [-0.15, -0.1) is 0 Å². The quantitative estimate of drug-likeness (QED) is 0.560. The molecule has 7 nitrogen and oxygen atoms in total. The summed E-state index contributed by atoms with van der Waals surface area (Å²) in [4.78, 5) is 12.6. The Morgan fingerprint density at radius 2 is 1.75 bits per heavy atom. The molecule has 2 aliphatic heterocycles. The fourth-order valence-electron chi connectivity index (χ4n) is 3.64. The standard InChI is InChI=1S/C22H25BF2N2O5/c1-7-29-20(28)16-11(2)30-19(27)13(10-26)17(16)12-8-14(24)18(15(25)9-12)23-31-21(3,4)22(5,6)32-23/h8-9,17H,7,27H2,1-6H3. The zero-order chi connectivity index (χ0) is 24.0. The van der Waals surface area contributed by atoms with Crippen molar-refractivity contribution in [3.63, 3.8) is 0 Å². The van der Waals surface area contributed by atoms with E-state index in [0.717, 1.165) is 12.1 Å². The van der Waals surface area contributed by atoms with Crippen molar-refractivity contribution in [2.24, 2.45) is 5.73 Å². The number of nitrogens with zero attached hydrogens (tertiary/aromatic N) is 1. The molecule has 0 radical (unpaired) electrons. The highest BCUT2D eigenvalue weighted by Crippen LogP contribution is 2.41. The molecule has 1 unspecified atom stereocenters. The van der Waals surface area contributed by atoms with Crippen molar-refractivity contribution in [3.05, 3.63) is 52.1 Å². The van der Waals surface area contributed by atoms with Gasteiger partial charge < -0.3 is 24.5 Å². The number of ether oxygens (including phenoxy) is 2. The Labute approximate surface area is 185 Å². The lowest BCUT2D eigenvalue weighted by atomic mass is 9.75. The molecule has 2 aliphatic rings. The van der Waals surface area contributed by atoms with Gasteiger partial charge in [0.1, 0.15) is 29.0 Å². The van der Waals surface area contributed by atoms with Gasteiger partial charge in [0.05, 0.1) is 34.8 Å². The van der Waals surface area contributed by atoms with Gasteiger partial charge in [-0.3, -0.25) is 0 Å². The molecule has 1 aromatic carbocycles. The number of benzene rings is 1. The van der Waals surface area contributed by atoms with Crippen molar-refractivity contribution in [2.45, 2.75) is 58.7 Å². The molecule has 0 aliphatic carbocycles. The highest BCUT2D eigenvalue weighted by molar-refractivity contribution is 6.62. The molecule has 1 saturated heterocycles. The minimum absolute atomic E-state index is 0.00507. The van der Waals surface area contributed by atoms with Gasteiger partial charge in [-0.2, -0.15) is 5.26 Å². The first-order chi connectivity index (χ1) is 14.8. The van der Waals surface area contributed by atoms with Gasteiger partial charge in [-0.1, -0.05) is 0 Å². The molecular formula is C22H25BF2N2O5. The van der Waals surface area contributed by atoms with E-state index in [1.807, 2.05) is 6.07 Å². The molecule has 170 valence electrons. The summed E-state index contributed by atoms with van der Waals surface area (Å²) in [7, 11) is -1.26. The smallest absolute Gasteiger partial charge is 0.463 e. The molecular weight excluding hydrogens is 421 g/mol. The van der Waals surface area contributed by atoms with Crippen LogP contribution in [-0.4, -0.2) is 30.9 Å². The summed E-state index contributed by atoms with van der Waals surface area (Å²) >= 11 is 0. The van der Waals surface area contributed by atoms with Crippen molar-refractivity contribution in [2.75, 3.05) is 6.61 Å². The van der Waals surface area contributed by atoms with Crippen LogP contribution >= 0.6 is 0 Å². The number of nitrogens with two attached hydrogens (primary N) is 1. The molecule has 32 heavy (non-hydrogen) atoms. The number of halogens is 2. The van der Waals surface area contributed by atoms with Gasteiger partial charge in [0.2, 0.25) is 5.88 Å². The zero-order valence-electron chi connectivity index (χ0n) is 18.8. The summed E-state index contributed by atoms with van der Waals surface area (Å²) in [5.74, 6) is -3.99. The third-order valence-corrected chi connectivity index (χ3v) is 6.02. The second-order valence-corrected chi connectivity index (χ2v) is 8.60. The average molecular weight is 446 g/mol. The van der Waals surface area contributed by atoms with Crippen LogP contribution in [0, 0.1) is 23.0 Å². The van der Waals surface area contributed by atoms with Crippen molar-refractivity contribution < 1.29 is 32.4 Å². The molecule has 2 heterocycles. The third-order valence-electron chi connectivity index (χ3n) is 6.02. The van der Waals surface area contributed by atoms with Crippen molar-refractivity contribution in [1.29, 1.82) is 5.26 Å². The highest BCUT2D eigenvalue weighted by atomic mass is 19.1. The lowest BCUT2D eigenvalue weighted by Gasteiger charge is -2.32. The van der Waals surface area contributed by atoms with E-state index in [2.05, 4.69) is 0 Å². The minimum atomic E-state index is -1.26. The first-order valence-electron chi connectivity index (χ1n) is 10.1.